The lowest BCUT2D eigenvalue weighted by Gasteiger charge is -2.13. The van der Waals surface area contributed by atoms with Gasteiger partial charge >= 0.3 is 0 Å². The highest BCUT2D eigenvalue weighted by Crippen LogP contribution is 2.29. The molecular weight excluding hydrogens is 344 g/mol. The quantitative estimate of drug-likeness (QED) is 0.829. The van der Waals surface area contributed by atoms with Gasteiger partial charge in [-0.25, -0.2) is 0 Å². The number of hydrogen-bond acceptors (Lipinski definition) is 5. The summed E-state index contributed by atoms with van der Waals surface area (Å²) in [4.78, 5) is 24.9. The number of nitrogens with zero attached hydrogens (tertiary/aromatic N) is 4. The van der Waals surface area contributed by atoms with Crippen molar-refractivity contribution in [2.75, 3.05) is 5.01 Å². The Morgan fingerprint density at radius 3 is 2.37 bits per heavy atom. The fourth-order valence-electron chi connectivity index (χ4n) is 2.90. The molecule has 1 aromatic carbocycles. The van der Waals surface area contributed by atoms with Crippen molar-refractivity contribution in [3.8, 4) is 11.9 Å². The van der Waals surface area contributed by atoms with Crippen LogP contribution in [0.3, 0.4) is 0 Å². The molecule has 1 aromatic heterocycles. The standard InChI is InChI=1S/C20H18N4O3/c1-11-5-7-14(8-6-11)24-20(27)16(13(3)22-24)9-15-12(2)17(10-21)19(26)23(4)18(15)25/h5-9,25H,1-4H3/b16-9-. The van der Waals surface area contributed by atoms with Crippen LogP contribution in [0.25, 0.3) is 6.08 Å². The first-order chi connectivity index (χ1) is 12.8. The zero-order valence-electron chi connectivity index (χ0n) is 15.4. The van der Waals surface area contributed by atoms with Crippen LogP contribution in [0, 0.1) is 25.2 Å². The van der Waals surface area contributed by atoms with E-state index in [4.69, 9.17) is 0 Å². The summed E-state index contributed by atoms with van der Waals surface area (Å²) in [6.45, 7) is 5.21. The van der Waals surface area contributed by atoms with E-state index in [1.807, 2.05) is 25.1 Å². The number of anilines is 1. The highest BCUT2D eigenvalue weighted by Gasteiger charge is 2.29. The van der Waals surface area contributed by atoms with E-state index in [2.05, 4.69) is 5.10 Å². The molecule has 2 heterocycles. The molecule has 7 heteroatoms. The Labute approximate surface area is 156 Å². The molecule has 1 N–H and O–H groups in total. The van der Waals surface area contributed by atoms with Gasteiger partial charge in [0.1, 0.15) is 11.6 Å². The molecule has 0 bridgehead atoms. The van der Waals surface area contributed by atoms with Crippen LogP contribution in [-0.4, -0.2) is 21.3 Å². The molecule has 0 saturated carbocycles. The first kappa shape index (κ1) is 18.1. The largest absolute Gasteiger partial charge is 0.494 e. The second-order valence-corrected chi connectivity index (χ2v) is 6.41. The third-order valence-electron chi connectivity index (χ3n) is 4.60. The minimum absolute atomic E-state index is 0.0717. The van der Waals surface area contributed by atoms with Crippen molar-refractivity contribution in [3.63, 3.8) is 0 Å². The highest BCUT2D eigenvalue weighted by molar-refractivity contribution is 6.32. The summed E-state index contributed by atoms with van der Waals surface area (Å²) in [5.74, 6) is -0.652. The molecule has 2 aromatic rings. The average molecular weight is 362 g/mol. The number of hydrazone groups is 1. The fourth-order valence-corrected chi connectivity index (χ4v) is 2.90. The first-order valence-corrected chi connectivity index (χ1v) is 8.27. The van der Waals surface area contributed by atoms with Gasteiger partial charge in [0.25, 0.3) is 11.5 Å². The van der Waals surface area contributed by atoms with Gasteiger partial charge in [-0.3, -0.25) is 14.2 Å². The molecule has 0 radical (unpaired) electrons. The van der Waals surface area contributed by atoms with E-state index < -0.39 is 5.56 Å². The number of aromatic hydroxyl groups is 1. The van der Waals surface area contributed by atoms with E-state index >= 15 is 0 Å². The number of hydrogen-bond donors (Lipinski definition) is 1. The van der Waals surface area contributed by atoms with Crippen LogP contribution in [0.4, 0.5) is 5.69 Å². The maximum Gasteiger partial charge on any atom is 0.280 e. The summed E-state index contributed by atoms with van der Waals surface area (Å²) >= 11 is 0. The predicted molar refractivity (Wildman–Crippen MR) is 103 cm³/mol. The van der Waals surface area contributed by atoms with Gasteiger partial charge in [-0.2, -0.15) is 15.4 Å². The Morgan fingerprint density at radius 2 is 1.78 bits per heavy atom. The summed E-state index contributed by atoms with van der Waals surface area (Å²) in [6, 6.07) is 9.23. The smallest absolute Gasteiger partial charge is 0.280 e. The van der Waals surface area contributed by atoms with E-state index in [9.17, 15) is 20.0 Å². The van der Waals surface area contributed by atoms with E-state index in [1.54, 1.807) is 26.0 Å². The first-order valence-electron chi connectivity index (χ1n) is 8.27. The molecule has 7 nitrogen and oxygen atoms in total. The van der Waals surface area contributed by atoms with Gasteiger partial charge in [-0.05, 0) is 44.5 Å². The second kappa shape index (κ2) is 6.57. The van der Waals surface area contributed by atoms with E-state index in [0.29, 0.717) is 17.0 Å². The molecule has 136 valence electrons. The van der Waals surface area contributed by atoms with Gasteiger partial charge < -0.3 is 5.11 Å². The molecule has 27 heavy (non-hydrogen) atoms. The van der Waals surface area contributed by atoms with Gasteiger partial charge in [-0.1, -0.05) is 17.7 Å². The van der Waals surface area contributed by atoms with Crippen LogP contribution in [-0.2, 0) is 11.8 Å². The lowest BCUT2D eigenvalue weighted by molar-refractivity contribution is -0.114. The SMILES string of the molecule is CC1=NN(c2ccc(C)cc2)C(=O)/C1=C\c1c(C)c(C#N)c(=O)n(C)c1O. The van der Waals surface area contributed by atoms with E-state index in [1.165, 1.54) is 18.1 Å². The lowest BCUT2D eigenvalue weighted by atomic mass is 10.0. The number of pyridine rings is 1. The average Bonchev–Trinajstić information content (AvgIpc) is 2.92. The number of benzene rings is 1. The van der Waals surface area contributed by atoms with Crippen molar-refractivity contribution in [1.29, 1.82) is 5.26 Å². The Morgan fingerprint density at radius 1 is 1.15 bits per heavy atom. The van der Waals surface area contributed by atoms with Crippen LogP contribution in [0.1, 0.15) is 29.2 Å². The Kier molecular flexibility index (Phi) is 4.42. The van der Waals surface area contributed by atoms with Crippen LogP contribution >= 0.6 is 0 Å². The molecule has 1 aliphatic rings. The van der Waals surface area contributed by atoms with Gasteiger partial charge in [0.15, 0.2) is 0 Å². The van der Waals surface area contributed by atoms with Crippen LogP contribution < -0.4 is 10.6 Å². The second-order valence-electron chi connectivity index (χ2n) is 6.41. The number of carbonyl (C=O) groups excluding carboxylic acids is 1. The monoisotopic (exact) mass is 362 g/mol. The number of aromatic nitrogens is 1. The summed E-state index contributed by atoms with van der Waals surface area (Å²) in [6.07, 6.45) is 1.47. The Bertz CT molecular complexity index is 1120. The topological polar surface area (TPSA) is 98.7 Å². The minimum Gasteiger partial charge on any atom is -0.494 e. The molecule has 0 saturated heterocycles. The molecule has 0 atom stereocenters. The van der Waals surface area contributed by atoms with Crippen molar-refractivity contribution in [2.24, 2.45) is 12.1 Å². The number of nitriles is 1. The number of carbonyl (C=O) groups is 1. The lowest BCUT2D eigenvalue weighted by Crippen LogP contribution is -2.23. The maximum absolute atomic E-state index is 12.9. The van der Waals surface area contributed by atoms with Gasteiger partial charge in [0, 0.05) is 12.6 Å². The molecular formula is C20H18N4O3. The third kappa shape index (κ3) is 2.91. The molecule has 0 unspecified atom stereocenters. The predicted octanol–water partition coefficient (Wildman–Crippen LogP) is 2.39. The molecule has 0 aliphatic carbocycles. The fraction of sp³-hybridized carbons (Fsp3) is 0.200. The van der Waals surface area contributed by atoms with Crippen molar-refractivity contribution in [2.45, 2.75) is 20.8 Å². The van der Waals surface area contributed by atoms with Crippen molar-refractivity contribution < 1.29 is 9.90 Å². The van der Waals surface area contributed by atoms with Gasteiger partial charge in [-0.15, -0.1) is 0 Å². The van der Waals surface area contributed by atoms with E-state index in [0.717, 1.165) is 10.1 Å². The Hall–Kier alpha value is -3.66. The maximum atomic E-state index is 12.9. The summed E-state index contributed by atoms with van der Waals surface area (Å²) in [5.41, 5.74) is 2.38. The molecule has 0 spiro atoms. The summed E-state index contributed by atoms with van der Waals surface area (Å²) in [5, 5.41) is 25.2. The van der Waals surface area contributed by atoms with Crippen molar-refractivity contribution in [1.82, 2.24) is 4.57 Å². The van der Waals surface area contributed by atoms with Crippen molar-refractivity contribution >= 4 is 23.4 Å². The van der Waals surface area contributed by atoms with Crippen LogP contribution in [0.5, 0.6) is 5.88 Å². The van der Waals surface area contributed by atoms with E-state index in [-0.39, 0.29) is 28.5 Å². The van der Waals surface area contributed by atoms with Crippen LogP contribution in [0.15, 0.2) is 39.7 Å². The summed E-state index contributed by atoms with van der Waals surface area (Å²) in [7, 11) is 1.37. The van der Waals surface area contributed by atoms with Gasteiger partial charge in [0.2, 0.25) is 5.88 Å². The molecule has 1 amide bonds. The number of aryl methyl sites for hydroxylation is 1. The van der Waals surface area contributed by atoms with Gasteiger partial charge in [0.05, 0.1) is 17.0 Å². The molecule has 3 rings (SSSR count). The minimum atomic E-state index is -0.584. The van der Waals surface area contributed by atoms with Crippen LogP contribution in [0.2, 0.25) is 0 Å². The highest BCUT2D eigenvalue weighted by atomic mass is 16.3. The number of amides is 1. The summed E-state index contributed by atoms with van der Waals surface area (Å²) < 4.78 is 0.988. The Balaban J connectivity index is 2.12. The zero-order valence-corrected chi connectivity index (χ0v) is 15.4. The van der Waals surface area contributed by atoms with Crippen molar-refractivity contribution in [3.05, 3.63) is 62.4 Å². The molecule has 1 aliphatic heterocycles. The normalized spacial score (nSPS) is 15.2. The number of rotatable bonds is 2. The molecule has 0 fully saturated rings. The zero-order chi connectivity index (χ0) is 19.9. The third-order valence-corrected chi connectivity index (χ3v) is 4.60.